The number of carbonyl (C=O) groups is 2. The maximum absolute atomic E-state index is 11.9. The zero-order chi connectivity index (χ0) is 14.7. The van der Waals surface area contributed by atoms with E-state index in [0.29, 0.717) is 4.88 Å². The molecule has 2 heterocycles. The minimum absolute atomic E-state index is 0.186. The van der Waals surface area contributed by atoms with Gasteiger partial charge in [0.2, 0.25) is 5.91 Å². The van der Waals surface area contributed by atoms with Crippen molar-refractivity contribution in [2.45, 2.75) is 0 Å². The Kier molecular flexibility index (Phi) is 4.40. The zero-order valence-electron chi connectivity index (χ0n) is 11.3. The van der Waals surface area contributed by atoms with Crippen LogP contribution in [0.25, 0.3) is 0 Å². The van der Waals surface area contributed by atoms with E-state index in [-0.39, 0.29) is 12.4 Å². The van der Waals surface area contributed by atoms with E-state index in [0.717, 1.165) is 31.3 Å². The number of thiazole rings is 1. The fraction of sp³-hybridized carbons (Fsp3) is 0.545. The first kappa shape index (κ1) is 14.5. The molecule has 0 unspecified atom stereocenters. The van der Waals surface area contributed by atoms with Crippen LogP contribution in [0.3, 0.4) is 0 Å². The highest BCUT2D eigenvalue weighted by molar-refractivity contribution is 7.18. The molecule has 1 aromatic rings. The highest BCUT2D eigenvalue weighted by Crippen LogP contribution is 2.28. The van der Waals surface area contributed by atoms with Gasteiger partial charge in [0.15, 0.2) is 5.13 Å². The molecule has 0 aromatic carbocycles. The van der Waals surface area contributed by atoms with Crippen LogP contribution in [0.1, 0.15) is 9.67 Å². The van der Waals surface area contributed by atoms with Crippen molar-refractivity contribution in [3.05, 3.63) is 4.88 Å². The van der Waals surface area contributed by atoms with Crippen LogP contribution in [-0.4, -0.2) is 61.5 Å². The third kappa shape index (κ3) is 3.36. The summed E-state index contributed by atoms with van der Waals surface area (Å²) >= 11 is 1.23. The number of nitrogens with two attached hydrogens (primary N) is 2. The molecule has 1 fully saturated rings. The van der Waals surface area contributed by atoms with Gasteiger partial charge in [0, 0.05) is 26.2 Å². The number of nitrogens with zero attached hydrogens (tertiary/aromatic N) is 3. The molecule has 8 nitrogen and oxygen atoms in total. The van der Waals surface area contributed by atoms with E-state index in [9.17, 15) is 9.59 Å². The number of nitrogens with one attached hydrogen (secondary N) is 1. The van der Waals surface area contributed by atoms with Crippen molar-refractivity contribution in [3.63, 3.8) is 0 Å². The standard InChI is InChI=1S/C11H18N6O2S/c1-16-2-4-17(5-3-16)11-15-9(13)8(20-11)10(19)14-6-7(12)18/h2-6,13H2,1H3,(H2,12,18)(H,14,19). The highest BCUT2D eigenvalue weighted by atomic mass is 32.1. The predicted octanol–water partition coefficient (Wildman–Crippen LogP) is -1.31. The van der Waals surface area contributed by atoms with Crippen LogP contribution in [-0.2, 0) is 4.79 Å². The van der Waals surface area contributed by atoms with Crippen LogP contribution in [0.2, 0.25) is 0 Å². The zero-order valence-corrected chi connectivity index (χ0v) is 12.1. The van der Waals surface area contributed by atoms with E-state index < -0.39 is 11.8 Å². The van der Waals surface area contributed by atoms with Gasteiger partial charge in [-0.3, -0.25) is 9.59 Å². The highest BCUT2D eigenvalue weighted by Gasteiger charge is 2.22. The van der Waals surface area contributed by atoms with Gasteiger partial charge in [-0.1, -0.05) is 11.3 Å². The van der Waals surface area contributed by atoms with E-state index in [2.05, 4.69) is 27.1 Å². The quantitative estimate of drug-likeness (QED) is 0.635. The Balaban J connectivity index is 2.05. The monoisotopic (exact) mass is 298 g/mol. The van der Waals surface area contributed by atoms with E-state index >= 15 is 0 Å². The van der Waals surface area contributed by atoms with Gasteiger partial charge in [-0.2, -0.15) is 0 Å². The van der Waals surface area contributed by atoms with Gasteiger partial charge in [-0.15, -0.1) is 0 Å². The molecule has 0 atom stereocenters. The van der Waals surface area contributed by atoms with E-state index in [4.69, 9.17) is 11.5 Å². The Morgan fingerprint density at radius 3 is 2.60 bits per heavy atom. The molecule has 5 N–H and O–H groups in total. The minimum Gasteiger partial charge on any atom is -0.382 e. The molecule has 1 aliphatic rings. The number of piperazine rings is 1. The molecule has 0 spiro atoms. The van der Waals surface area contributed by atoms with Crippen LogP contribution in [0.15, 0.2) is 0 Å². The SMILES string of the molecule is CN1CCN(c2nc(N)c(C(=O)NCC(N)=O)s2)CC1. The summed E-state index contributed by atoms with van der Waals surface area (Å²) in [6, 6.07) is 0. The Labute approximate surface area is 120 Å². The maximum Gasteiger partial charge on any atom is 0.265 e. The Morgan fingerprint density at radius 2 is 2.00 bits per heavy atom. The van der Waals surface area contributed by atoms with Crippen molar-refractivity contribution in [1.29, 1.82) is 0 Å². The first-order valence-electron chi connectivity index (χ1n) is 6.23. The number of likely N-dealkylation sites (N-methyl/N-ethyl adjacent to an activating group) is 1. The Hall–Kier alpha value is -1.87. The average Bonchev–Trinajstić information content (AvgIpc) is 2.79. The molecule has 1 aromatic heterocycles. The van der Waals surface area contributed by atoms with Gasteiger partial charge < -0.3 is 26.6 Å². The molecule has 1 saturated heterocycles. The van der Waals surface area contributed by atoms with Crippen LogP contribution in [0.4, 0.5) is 10.9 Å². The van der Waals surface area contributed by atoms with E-state index in [1.165, 1.54) is 11.3 Å². The lowest BCUT2D eigenvalue weighted by molar-refractivity contribution is -0.117. The predicted molar refractivity (Wildman–Crippen MR) is 77.8 cm³/mol. The fourth-order valence-corrected chi connectivity index (χ4v) is 2.82. The number of primary amides is 1. The van der Waals surface area contributed by atoms with Gasteiger partial charge in [0.25, 0.3) is 5.91 Å². The van der Waals surface area contributed by atoms with Gasteiger partial charge >= 0.3 is 0 Å². The molecule has 0 saturated carbocycles. The van der Waals surface area contributed by atoms with Gasteiger partial charge in [-0.05, 0) is 7.05 Å². The minimum atomic E-state index is -0.597. The third-order valence-electron chi connectivity index (χ3n) is 3.05. The number of carbonyl (C=O) groups excluding carboxylic acids is 2. The van der Waals surface area contributed by atoms with Gasteiger partial charge in [0.1, 0.15) is 10.7 Å². The van der Waals surface area contributed by atoms with Gasteiger partial charge in [-0.25, -0.2) is 4.98 Å². The van der Waals surface area contributed by atoms with Crippen molar-refractivity contribution >= 4 is 34.1 Å². The van der Waals surface area contributed by atoms with Crippen molar-refractivity contribution in [1.82, 2.24) is 15.2 Å². The number of hydrogen-bond donors (Lipinski definition) is 3. The normalized spacial score (nSPS) is 16.1. The van der Waals surface area contributed by atoms with Crippen molar-refractivity contribution in [2.75, 3.05) is 50.4 Å². The molecule has 110 valence electrons. The lowest BCUT2D eigenvalue weighted by atomic mass is 10.3. The molecule has 2 rings (SSSR count). The molecule has 9 heteroatoms. The topological polar surface area (TPSA) is 118 Å². The van der Waals surface area contributed by atoms with E-state index in [1.54, 1.807) is 0 Å². The molecule has 0 radical (unpaired) electrons. The van der Waals surface area contributed by atoms with E-state index in [1.807, 2.05) is 0 Å². The Morgan fingerprint density at radius 1 is 1.35 bits per heavy atom. The molecule has 0 aliphatic carbocycles. The number of hydrogen-bond acceptors (Lipinski definition) is 7. The number of amides is 2. The van der Waals surface area contributed by atoms with Crippen LogP contribution < -0.4 is 21.7 Å². The lowest BCUT2D eigenvalue weighted by Crippen LogP contribution is -2.44. The maximum atomic E-state index is 11.9. The second kappa shape index (κ2) is 6.06. The molecule has 0 bridgehead atoms. The second-order valence-electron chi connectivity index (χ2n) is 4.65. The summed E-state index contributed by atoms with van der Waals surface area (Å²) < 4.78 is 0. The second-order valence-corrected chi connectivity index (χ2v) is 5.63. The molecular weight excluding hydrogens is 280 g/mol. The first-order chi connectivity index (χ1) is 9.47. The fourth-order valence-electron chi connectivity index (χ4n) is 1.86. The van der Waals surface area contributed by atoms with Gasteiger partial charge in [0.05, 0.1) is 6.54 Å². The van der Waals surface area contributed by atoms with Crippen molar-refractivity contribution in [3.8, 4) is 0 Å². The average molecular weight is 298 g/mol. The largest absolute Gasteiger partial charge is 0.382 e. The smallest absolute Gasteiger partial charge is 0.265 e. The van der Waals surface area contributed by atoms with Crippen LogP contribution >= 0.6 is 11.3 Å². The number of anilines is 2. The van der Waals surface area contributed by atoms with Crippen molar-refractivity contribution in [2.24, 2.45) is 5.73 Å². The number of rotatable bonds is 4. The molecular formula is C11H18N6O2S. The number of nitrogen functional groups attached to an aromatic ring is 1. The summed E-state index contributed by atoms with van der Waals surface area (Å²) in [4.78, 5) is 31.4. The Bertz CT molecular complexity index is 509. The summed E-state index contributed by atoms with van der Waals surface area (Å²) in [5.41, 5.74) is 10.7. The molecule has 20 heavy (non-hydrogen) atoms. The third-order valence-corrected chi connectivity index (χ3v) is 4.18. The first-order valence-corrected chi connectivity index (χ1v) is 7.05. The molecule has 2 amide bonds. The summed E-state index contributed by atoms with van der Waals surface area (Å²) in [7, 11) is 2.07. The summed E-state index contributed by atoms with van der Waals surface area (Å²) in [6.07, 6.45) is 0. The number of aromatic nitrogens is 1. The molecule has 1 aliphatic heterocycles. The van der Waals surface area contributed by atoms with Crippen LogP contribution in [0, 0.1) is 0 Å². The van der Waals surface area contributed by atoms with Crippen molar-refractivity contribution < 1.29 is 9.59 Å². The summed E-state index contributed by atoms with van der Waals surface area (Å²) in [6.45, 7) is 3.39. The lowest BCUT2D eigenvalue weighted by Gasteiger charge is -2.31. The van der Waals surface area contributed by atoms with Crippen LogP contribution in [0.5, 0.6) is 0 Å². The summed E-state index contributed by atoms with van der Waals surface area (Å²) in [5, 5.41) is 3.15. The summed E-state index contributed by atoms with van der Waals surface area (Å²) in [5.74, 6) is -0.828.